The van der Waals surface area contributed by atoms with Crippen LogP contribution in [0.1, 0.15) is 0 Å². The van der Waals surface area contributed by atoms with Crippen molar-refractivity contribution in [3.8, 4) is 0 Å². The van der Waals surface area contributed by atoms with Gasteiger partial charge in [0, 0.05) is 24.7 Å². The van der Waals surface area contributed by atoms with Gasteiger partial charge in [0.2, 0.25) is 0 Å². The van der Waals surface area contributed by atoms with Gasteiger partial charge in [-0.2, -0.15) is 4.73 Å². The number of fused-ring (bicyclic) bond motifs is 1. The molecule has 66 valence electrons. The molecule has 2 aromatic heterocycles. The van der Waals surface area contributed by atoms with Crippen molar-refractivity contribution >= 4 is 10.9 Å². The fourth-order valence-corrected chi connectivity index (χ4v) is 1.23. The van der Waals surface area contributed by atoms with Crippen LogP contribution in [-0.2, 0) is 0 Å². The lowest BCUT2D eigenvalue weighted by molar-refractivity contribution is 0.177. The molecule has 4 nitrogen and oxygen atoms in total. The van der Waals surface area contributed by atoms with E-state index in [-0.39, 0.29) is 5.43 Å². The van der Waals surface area contributed by atoms with Gasteiger partial charge in [-0.3, -0.25) is 9.78 Å². The number of hydrogen-bond acceptors (Lipinski definition) is 3. The number of aromatic nitrogens is 2. The van der Waals surface area contributed by atoms with Gasteiger partial charge in [0.05, 0.1) is 10.9 Å². The lowest BCUT2D eigenvalue weighted by Crippen LogP contribution is -2.12. The third-order valence-electron chi connectivity index (χ3n) is 1.86. The minimum absolute atomic E-state index is 0.0450. The molecule has 0 radical (unpaired) electrons. The van der Waals surface area contributed by atoms with Crippen LogP contribution in [0.15, 0.2) is 35.5 Å². The van der Waals surface area contributed by atoms with Crippen LogP contribution in [-0.4, -0.2) is 16.8 Å². The second-order valence-electron chi connectivity index (χ2n) is 2.58. The quantitative estimate of drug-likeness (QED) is 0.633. The summed E-state index contributed by atoms with van der Waals surface area (Å²) in [6.45, 7) is 0. The Morgan fingerprint density at radius 2 is 2.31 bits per heavy atom. The van der Waals surface area contributed by atoms with Gasteiger partial charge in [-0.1, -0.05) is 0 Å². The molecule has 0 spiro atoms. The van der Waals surface area contributed by atoms with Gasteiger partial charge in [-0.25, -0.2) is 0 Å². The predicted octanol–water partition coefficient (Wildman–Crippen LogP) is 0.455. The van der Waals surface area contributed by atoms with E-state index in [2.05, 4.69) is 4.98 Å². The van der Waals surface area contributed by atoms with E-state index >= 15 is 0 Å². The molecular weight excluding hydrogens is 168 g/mol. The van der Waals surface area contributed by atoms with Crippen molar-refractivity contribution in [2.24, 2.45) is 0 Å². The Morgan fingerprint density at radius 1 is 1.46 bits per heavy atom. The number of rotatable bonds is 1. The van der Waals surface area contributed by atoms with Crippen LogP contribution in [0.25, 0.3) is 10.9 Å². The van der Waals surface area contributed by atoms with Gasteiger partial charge >= 0.3 is 0 Å². The van der Waals surface area contributed by atoms with Crippen LogP contribution >= 0.6 is 0 Å². The molecule has 2 rings (SSSR count). The van der Waals surface area contributed by atoms with E-state index in [1.165, 1.54) is 17.0 Å². The molecule has 0 amide bonds. The Hall–Kier alpha value is -1.84. The first-order valence-corrected chi connectivity index (χ1v) is 3.83. The third-order valence-corrected chi connectivity index (χ3v) is 1.86. The molecular formula is C9H8N2O2. The van der Waals surface area contributed by atoms with Crippen molar-refractivity contribution < 1.29 is 4.84 Å². The SMILES string of the molecule is COn1ccc(=O)c2cnccc21. The molecule has 0 aromatic carbocycles. The second-order valence-corrected chi connectivity index (χ2v) is 2.58. The molecule has 0 bridgehead atoms. The molecule has 0 fully saturated rings. The first-order chi connectivity index (χ1) is 6.33. The van der Waals surface area contributed by atoms with Crippen LogP contribution in [0.5, 0.6) is 0 Å². The second kappa shape index (κ2) is 2.90. The lowest BCUT2D eigenvalue weighted by atomic mass is 10.3. The monoisotopic (exact) mass is 176 g/mol. The highest BCUT2D eigenvalue weighted by atomic mass is 16.6. The maximum atomic E-state index is 11.3. The van der Waals surface area contributed by atoms with E-state index in [0.29, 0.717) is 5.39 Å². The molecule has 0 aliphatic heterocycles. The van der Waals surface area contributed by atoms with Gasteiger partial charge in [-0.05, 0) is 6.07 Å². The van der Waals surface area contributed by atoms with Crippen LogP contribution in [0.4, 0.5) is 0 Å². The Balaban J connectivity index is 2.93. The maximum absolute atomic E-state index is 11.3. The summed E-state index contributed by atoms with van der Waals surface area (Å²) in [4.78, 5) is 20.3. The average molecular weight is 176 g/mol. The summed E-state index contributed by atoms with van der Waals surface area (Å²) in [7, 11) is 1.55. The number of pyridine rings is 2. The summed E-state index contributed by atoms with van der Waals surface area (Å²) in [5, 5.41) is 0.562. The summed E-state index contributed by atoms with van der Waals surface area (Å²) in [6.07, 6.45) is 4.75. The topological polar surface area (TPSA) is 44.1 Å². The van der Waals surface area contributed by atoms with Gasteiger partial charge in [0.15, 0.2) is 5.43 Å². The van der Waals surface area contributed by atoms with E-state index in [1.807, 2.05) is 0 Å². The molecule has 13 heavy (non-hydrogen) atoms. The van der Waals surface area contributed by atoms with Crippen LogP contribution in [0.2, 0.25) is 0 Å². The van der Waals surface area contributed by atoms with Gasteiger partial charge in [0.25, 0.3) is 0 Å². The van der Waals surface area contributed by atoms with E-state index in [4.69, 9.17) is 4.84 Å². The van der Waals surface area contributed by atoms with Crippen molar-refractivity contribution in [3.05, 3.63) is 40.9 Å². The zero-order valence-electron chi connectivity index (χ0n) is 7.10. The van der Waals surface area contributed by atoms with Crippen molar-refractivity contribution in [2.75, 3.05) is 7.11 Å². The summed E-state index contributed by atoms with van der Waals surface area (Å²) >= 11 is 0. The van der Waals surface area contributed by atoms with Crippen molar-refractivity contribution in [2.45, 2.75) is 0 Å². The highest BCUT2D eigenvalue weighted by Crippen LogP contribution is 2.05. The summed E-state index contributed by atoms with van der Waals surface area (Å²) < 4.78 is 1.53. The zero-order chi connectivity index (χ0) is 9.26. The minimum Gasteiger partial charge on any atom is -0.417 e. The largest absolute Gasteiger partial charge is 0.417 e. The van der Waals surface area contributed by atoms with Crippen molar-refractivity contribution in [3.63, 3.8) is 0 Å². The first kappa shape index (κ1) is 7.79. The van der Waals surface area contributed by atoms with Crippen LogP contribution < -0.4 is 10.3 Å². The summed E-state index contributed by atoms with van der Waals surface area (Å²) in [5.74, 6) is 0. The fraction of sp³-hybridized carbons (Fsp3) is 0.111. The highest BCUT2D eigenvalue weighted by Gasteiger charge is 2.00. The summed E-state index contributed by atoms with van der Waals surface area (Å²) in [6, 6.07) is 3.19. The molecule has 0 aliphatic carbocycles. The first-order valence-electron chi connectivity index (χ1n) is 3.83. The van der Waals surface area contributed by atoms with E-state index in [9.17, 15) is 4.79 Å². The molecule has 0 saturated heterocycles. The summed E-state index contributed by atoms with van der Waals surface area (Å²) in [5.41, 5.74) is 0.682. The van der Waals surface area contributed by atoms with Gasteiger partial charge in [0.1, 0.15) is 7.11 Å². The Bertz CT molecular complexity index is 490. The van der Waals surface area contributed by atoms with E-state index < -0.39 is 0 Å². The molecule has 0 atom stereocenters. The molecule has 0 N–H and O–H groups in total. The smallest absolute Gasteiger partial charge is 0.191 e. The Kier molecular flexibility index (Phi) is 1.73. The van der Waals surface area contributed by atoms with E-state index in [0.717, 1.165) is 5.52 Å². The van der Waals surface area contributed by atoms with Crippen LogP contribution in [0, 0.1) is 0 Å². The number of nitrogens with zero attached hydrogens (tertiary/aromatic N) is 2. The van der Waals surface area contributed by atoms with Gasteiger partial charge in [-0.15, -0.1) is 0 Å². The minimum atomic E-state index is -0.0450. The van der Waals surface area contributed by atoms with Crippen molar-refractivity contribution in [1.29, 1.82) is 0 Å². The standard InChI is InChI=1S/C9H8N2O2/c1-13-11-5-3-9(12)7-6-10-4-2-8(7)11/h2-6H,1H3. The Labute approximate surface area is 74.4 Å². The normalized spacial score (nSPS) is 10.2. The number of hydrogen-bond donors (Lipinski definition) is 0. The average Bonchev–Trinajstić information content (AvgIpc) is 2.19. The molecule has 0 saturated carbocycles. The van der Waals surface area contributed by atoms with E-state index in [1.54, 1.807) is 25.6 Å². The van der Waals surface area contributed by atoms with Crippen LogP contribution in [0.3, 0.4) is 0 Å². The van der Waals surface area contributed by atoms with Crippen molar-refractivity contribution in [1.82, 2.24) is 9.71 Å². The molecule has 0 aliphatic rings. The molecule has 4 heteroatoms. The lowest BCUT2D eigenvalue weighted by Gasteiger charge is -2.06. The Morgan fingerprint density at radius 3 is 3.08 bits per heavy atom. The van der Waals surface area contributed by atoms with Gasteiger partial charge < -0.3 is 4.84 Å². The third kappa shape index (κ3) is 1.16. The fourth-order valence-electron chi connectivity index (χ4n) is 1.23. The molecule has 0 unspecified atom stereocenters. The molecule has 2 aromatic rings. The zero-order valence-corrected chi connectivity index (χ0v) is 7.10. The highest BCUT2D eigenvalue weighted by molar-refractivity contribution is 5.77. The maximum Gasteiger partial charge on any atom is 0.191 e. The molecule has 2 heterocycles. The predicted molar refractivity (Wildman–Crippen MR) is 48.5 cm³/mol.